The maximum absolute atomic E-state index is 14.2. The summed E-state index contributed by atoms with van der Waals surface area (Å²) in [6.45, 7) is 5.58. The number of aromatic nitrogens is 2. The van der Waals surface area contributed by atoms with Crippen LogP contribution in [0.4, 0.5) is 23.5 Å². The van der Waals surface area contributed by atoms with Gasteiger partial charge >= 0.3 is 30.1 Å². The molecule has 0 saturated carbocycles. The maximum atomic E-state index is 14.2. The molecule has 0 bridgehead atoms. The molecule has 16 heteroatoms. The highest BCUT2D eigenvalue weighted by Gasteiger charge is 2.34. The summed E-state index contributed by atoms with van der Waals surface area (Å²) in [6.07, 6.45) is 1.31. The number of carboxylic acids is 4. The average molecular weight is 615 g/mol. The number of rotatable bonds is 8. The number of carbonyl (C=O) groups is 4. The van der Waals surface area contributed by atoms with E-state index in [0.717, 1.165) is 31.5 Å². The molecule has 0 radical (unpaired) electrons. The molecule has 2 heterocycles. The van der Waals surface area contributed by atoms with Gasteiger partial charge in [-0.2, -0.15) is 13.2 Å². The Morgan fingerprint density at radius 2 is 1.49 bits per heavy atom. The highest BCUT2D eigenvalue weighted by Crippen LogP contribution is 2.33. The van der Waals surface area contributed by atoms with Crippen molar-refractivity contribution < 1.29 is 57.2 Å². The number of alkyl halides is 3. The summed E-state index contributed by atoms with van der Waals surface area (Å²) in [4.78, 5) is 49.1. The van der Waals surface area contributed by atoms with Crippen LogP contribution in [0.25, 0.3) is 11.1 Å². The molecule has 0 unspecified atom stereocenters. The van der Waals surface area contributed by atoms with Crippen LogP contribution in [0.15, 0.2) is 48.7 Å². The lowest BCUT2D eigenvalue weighted by molar-refractivity contribution is -0.138. The minimum absolute atomic E-state index is 0.0233. The van der Waals surface area contributed by atoms with Crippen molar-refractivity contribution >= 4 is 29.8 Å². The van der Waals surface area contributed by atoms with E-state index in [-0.39, 0.29) is 11.1 Å². The van der Waals surface area contributed by atoms with E-state index < -0.39 is 41.4 Å². The normalized spacial score (nSPS) is 16.6. The fourth-order valence-electron chi connectivity index (χ4n) is 3.66. The second-order valence-corrected chi connectivity index (χ2v) is 9.28. The van der Waals surface area contributed by atoms with Crippen LogP contribution >= 0.6 is 0 Å². The molecular formula is C27H30F4N4O8. The second kappa shape index (κ2) is 16.0. The minimum Gasteiger partial charge on any atom is -0.478 e. The lowest BCUT2D eigenvalue weighted by Gasteiger charge is -2.32. The molecule has 5 N–H and O–H groups in total. The smallest absolute Gasteiger partial charge is 0.416 e. The van der Waals surface area contributed by atoms with Crippen LogP contribution in [0.5, 0.6) is 0 Å². The van der Waals surface area contributed by atoms with Gasteiger partial charge in [0, 0.05) is 53.7 Å². The number of likely N-dealkylation sites (tertiary alicyclic amines) is 1. The molecule has 3 rings (SSSR count). The van der Waals surface area contributed by atoms with E-state index in [2.05, 4.69) is 34.2 Å². The van der Waals surface area contributed by atoms with E-state index in [0.29, 0.717) is 54.1 Å². The molecule has 234 valence electrons. The van der Waals surface area contributed by atoms with Crippen molar-refractivity contribution in [1.82, 2.24) is 14.9 Å². The molecule has 1 saturated heterocycles. The van der Waals surface area contributed by atoms with Crippen molar-refractivity contribution in [3.63, 3.8) is 0 Å². The molecule has 0 amide bonds. The standard InChI is InChI=1S/C19H22F4N4.2C4H4O4/c1-12-15(14-6-5-13(9-16(14)20)19(21,22)23)10-24-17(26-12)25-11-18(2)7-4-8-27(18)3;2*5-3(6)1-2-4(7)8/h5-6,9-10H,4,7-8,11H2,1-3H3,(H,24,25,26);2*1-2H,(H,5,6)(H,7,8)/b;2*2-1+/t18-;;/m1../s1. The third-order valence-electron chi connectivity index (χ3n) is 6.06. The maximum Gasteiger partial charge on any atom is 0.416 e. The van der Waals surface area contributed by atoms with E-state index in [1.165, 1.54) is 6.20 Å². The molecule has 1 aliphatic rings. The molecule has 1 aromatic carbocycles. The molecular weight excluding hydrogens is 584 g/mol. The van der Waals surface area contributed by atoms with Gasteiger partial charge in [-0.25, -0.2) is 33.5 Å². The van der Waals surface area contributed by atoms with Crippen LogP contribution in [-0.4, -0.2) is 84.8 Å². The summed E-state index contributed by atoms with van der Waals surface area (Å²) in [5.41, 5.74) is -0.0775. The number of nitrogens with zero attached hydrogens (tertiary/aromatic N) is 3. The molecule has 2 aromatic rings. The van der Waals surface area contributed by atoms with Crippen molar-refractivity contribution in [3.8, 4) is 11.1 Å². The van der Waals surface area contributed by atoms with Gasteiger partial charge in [0.25, 0.3) is 0 Å². The van der Waals surface area contributed by atoms with E-state index in [4.69, 9.17) is 20.4 Å². The first kappa shape index (κ1) is 36.2. The van der Waals surface area contributed by atoms with Gasteiger partial charge in [-0.1, -0.05) is 6.07 Å². The summed E-state index contributed by atoms with van der Waals surface area (Å²) in [7, 11) is 2.08. The van der Waals surface area contributed by atoms with Gasteiger partial charge in [0.05, 0.1) is 11.3 Å². The zero-order chi connectivity index (χ0) is 33.0. The fraction of sp³-hybridized carbons (Fsp3) is 0.333. The van der Waals surface area contributed by atoms with Crippen LogP contribution in [0.1, 0.15) is 31.0 Å². The minimum atomic E-state index is -4.58. The largest absolute Gasteiger partial charge is 0.478 e. The summed E-state index contributed by atoms with van der Waals surface area (Å²) in [5, 5.41) is 34.5. The zero-order valence-electron chi connectivity index (χ0n) is 23.2. The number of hydrogen-bond donors (Lipinski definition) is 5. The molecule has 0 aliphatic carbocycles. The molecule has 1 aromatic heterocycles. The lowest BCUT2D eigenvalue weighted by atomic mass is 9.99. The number of aliphatic carboxylic acids is 4. The highest BCUT2D eigenvalue weighted by molar-refractivity contribution is 5.90. The van der Waals surface area contributed by atoms with Crippen molar-refractivity contribution in [2.24, 2.45) is 0 Å². The van der Waals surface area contributed by atoms with E-state index in [9.17, 15) is 36.7 Å². The molecule has 12 nitrogen and oxygen atoms in total. The number of nitrogens with one attached hydrogen (secondary N) is 1. The SMILES string of the molecule is Cc1nc(NC[C@@]2(C)CCCN2C)ncc1-c1ccc(C(F)(F)F)cc1F.O=C(O)/C=C/C(=O)O.O=C(O)/C=C/C(=O)O. The Labute approximate surface area is 243 Å². The molecule has 1 atom stereocenters. The number of carboxylic acid groups (broad SMARTS) is 4. The summed E-state index contributed by atoms with van der Waals surface area (Å²) >= 11 is 0. The molecule has 1 aliphatic heterocycles. The summed E-state index contributed by atoms with van der Waals surface area (Å²) in [6, 6.07) is 2.48. The van der Waals surface area contributed by atoms with Crippen molar-refractivity contribution in [2.45, 2.75) is 38.4 Å². The lowest BCUT2D eigenvalue weighted by Crippen LogP contribution is -2.44. The van der Waals surface area contributed by atoms with E-state index in [1.54, 1.807) is 6.92 Å². The van der Waals surface area contributed by atoms with Gasteiger partial charge in [-0.05, 0) is 52.4 Å². The Bertz CT molecular complexity index is 1320. The van der Waals surface area contributed by atoms with Crippen molar-refractivity contribution in [2.75, 3.05) is 25.5 Å². The number of likely N-dealkylation sites (N-methyl/N-ethyl adjacent to an activating group) is 1. The Kier molecular flexibility index (Phi) is 13.4. The van der Waals surface area contributed by atoms with E-state index >= 15 is 0 Å². The van der Waals surface area contributed by atoms with Crippen LogP contribution in [0, 0.1) is 12.7 Å². The summed E-state index contributed by atoms with van der Waals surface area (Å²) < 4.78 is 52.3. The van der Waals surface area contributed by atoms with Crippen molar-refractivity contribution in [1.29, 1.82) is 0 Å². The van der Waals surface area contributed by atoms with Gasteiger partial charge in [0.1, 0.15) is 5.82 Å². The number of benzene rings is 1. The third-order valence-corrected chi connectivity index (χ3v) is 6.06. The first-order valence-corrected chi connectivity index (χ1v) is 12.3. The number of aryl methyl sites for hydroxylation is 1. The highest BCUT2D eigenvalue weighted by atomic mass is 19.4. The second-order valence-electron chi connectivity index (χ2n) is 9.28. The third kappa shape index (κ3) is 12.7. The Morgan fingerprint density at radius 3 is 1.86 bits per heavy atom. The number of anilines is 1. The van der Waals surface area contributed by atoms with Crippen LogP contribution in [0.3, 0.4) is 0 Å². The van der Waals surface area contributed by atoms with Gasteiger partial charge in [-0.3, -0.25) is 4.90 Å². The number of halogens is 4. The fourth-order valence-corrected chi connectivity index (χ4v) is 3.66. The molecule has 0 spiro atoms. The number of hydrogen-bond acceptors (Lipinski definition) is 8. The van der Waals surface area contributed by atoms with Gasteiger partial charge in [-0.15, -0.1) is 0 Å². The summed E-state index contributed by atoms with van der Waals surface area (Å²) in [5.74, 6) is -5.55. The predicted molar refractivity (Wildman–Crippen MR) is 145 cm³/mol. The van der Waals surface area contributed by atoms with Gasteiger partial charge in [0.2, 0.25) is 5.95 Å². The topological polar surface area (TPSA) is 190 Å². The monoisotopic (exact) mass is 614 g/mol. The molecule has 1 fully saturated rings. The van der Waals surface area contributed by atoms with Crippen LogP contribution in [0.2, 0.25) is 0 Å². The van der Waals surface area contributed by atoms with Crippen LogP contribution < -0.4 is 5.32 Å². The quantitative estimate of drug-likeness (QED) is 0.213. The van der Waals surface area contributed by atoms with Crippen molar-refractivity contribution in [3.05, 3.63) is 65.8 Å². The zero-order valence-corrected chi connectivity index (χ0v) is 23.2. The Balaban J connectivity index is 0.000000476. The average Bonchev–Trinajstić information content (AvgIpc) is 3.23. The predicted octanol–water partition coefficient (Wildman–Crippen LogP) is 3.93. The van der Waals surface area contributed by atoms with Gasteiger partial charge < -0.3 is 25.7 Å². The van der Waals surface area contributed by atoms with Gasteiger partial charge in [0.15, 0.2) is 0 Å². The Hall–Kier alpha value is -4.86. The first-order valence-electron chi connectivity index (χ1n) is 12.3. The van der Waals surface area contributed by atoms with Crippen LogP contribution in [-0.2, 0) is 25.4 Å². The first-order chi connectivity index (χ1) is 19.9. The molecule has 43 heavy (non-hydrogen) atoms. The van der Waals surface area contributed by atoms with E-state index in [1.807, 2.05) is 0 Å². The Morgan fingerprint density at radius 1 is 0.977 bits per heavy atom.